The van der Waals surface area contributed by atoms with Crippen LogP contribution in [-0.4, -0.2) is 30.8 Å². The van der Waals surface area contributed by atoms with Gasteiger partial charge in [-0.3, -0.25) is 19.7 Å². The molecule has 2 rings (SSSR count). The van der Waals surface area contributed by atoms with Gasteiger partial charge in [-0.1, -0.05) is 12.1 Å². The van der Waals surface area contributed by atoms with E-state index in [4.69, 9.17) is 0 Å². The van der Waals surface area contributed by atoms with Crippen LogP contribution in [0.2, 0.25) is 0 Å². The number of imide groups is 1. The first-order chi connectivity index (χ1) is 12.8. The van der Waals surface area contributed by atoms with Gasteiger partial charge in [-0.05, 0) is 42.8 Å². The summed E-state index contributed by atoms with van der Waals surface area (Å²) < 4.78 is 0. The van der Waals surface area contributed by atoms with Crippen molar-refractivity contribution in [2.75, 3.05) is 17.7 Å². The zero-order valence-electron chi connectivity index (χ0n) is 15.2. The lowest BCUT2D eigenvalue weighted by molar-refractivity contribution is -0.114. The summed E-state index contributed by atoms with van der Waals surface area (Å²) in [5.41, 5.74) is 2.21. The van der Waals surface area contributed by atoms with Gasteiger partial charge in [0.25, 0.3) is 11.8 Å². The smallest absolute Gasteiger partial charge is 0.326 e. The molecule has 0 aromatic heterocycles. The van der Waals surface area contributed by atoms with Gasteiger partial charge in [-0.2, -0.15) is 0 Å². The molecule has 0 fully saturated rings. The van der Waals surface area contributed by atoms with Crippen molar-refractivity contribution in [1.82, 2.24) is 10.6 Å². The second-order valence-corrected chi connectivity index (χ2v) is 5.78. The Morgan fingerprint density at radius 2 is 1.52 bits per heavy atom. The number of carbonyl (C=O) groups excluding carboxylic acids is 4. The molecule has 2 aromatic rings. The Hall–Kier alpha value is -3.68. The molecule has 0 saturated carbocycles. The van der Waals surface area contributed by atoms with E-state index in [9.17, 15) is 19.2 Å². The highest BCUT2D eigenvalue weighted by Gasteiger charge is 2.13. The number of benzene rings is 2. The average molecular weight is 368 g/mol. The van der Waals surface area contributed by atoms with Crippen LogP contribution < -0.4 is 21.3 Å². The fourth-order valence-corrected chi connectivity index (χ4v) is 2.31. The molecule has 140 valence electrons. The van der Waals surface area contributed by atoms with Crippen LogP contribution >= 0.6 is 0 Å². The minimum atomic E-state index is -0.728. The Labute approximate surface area is 156 Å². The minimum absolute atomic E-state index is 0.176. The van der Waals surface area contributed by atoms with Crippen molar-refractivity contribution in [3.05, 3.63) is 59.2 Å². The van der Waals surface area contributed by atoms with Crippen LogP contribution in [-0.2, 0) is 4.79 Å². The lowest BCUT2D eigenvalue weighted by atomic mass is 10.1. The topological polar surface area (TPSA) is 116 Å². The molecule has 0 aliphatic heterocycles. The standard InChI is InChI=1S/C19H20N4O4/c1-11-7-8-15(21-12(2)24)10-16(11)22-19(27)23-18(26)14-6-4-5-13(9-14)17(25)20-3/h4-10H,1-3H3,(H,20,25)(H,21,24)(H2,22,23,26,27). The summed E-state index contributed by atoms with van der Waals surface area (Å²) in [5, 5.41) is 9.86. The van der Waals surface area contributed by atoms with Crippen LogP contribution in [0.15, 0.2) is 42.5 Å². The first-order valence-corrected chi connectivity index (χ1v) is 8.13. The summed E-state index contributed by atoms with van der Waals surface area (Å²) in [6.45, 7) is 3.16. The van der Waals surface area contributed by atoms with Crippen molar-refractivity contribution in [3.8, 4) is 0 Å². The van der Waals surface area contributed by atoms with E-state index in [-0.39, 0.29) is 17.4 Å². The highest BCUT2D eigenvalue weighted by atomic mass is 16.2. The van der Waals surface area contributed by atoms with Gasteiger partial charge in [0.1, 0.15) is 0 Å². The molecule has 8 heteroatoms. The number of hydrogen-bond donors (Lipinski definition) is 4. The predicted octanol–water partition coefficient (Wildman–Crippen LogP) is 2.27. The number of hydrogen-bond acceptors (Lipinski definition) is 4. The van der Waals surface area contributed by atoms with Gasteiger partial charge in [-0.15, -0.1) is 0 Å². The van der Waals surface area contributed by atoms with Gasteiger partial charge in [0.2, 0.25) is 5.91 Å². The Bertz CT molecular complexity index is 908. The molecule has 4 N–H and O–H groups in total. The molecule has 0 aliphatic rings. The van der Waals surface area contributed by atoms with Crippen molar-refractivity contribution in [2.24, 2.45) is 0 Å². The third-order valence-corrected chi connectivity index (χ3v) is 3.65. The Balaban J connectivity index is 2.08. The van der Waals surface area contributed by atoms with E-state index in [1.54, 1.807) is 37.3 Å². The molecule has 0 unspecified atom stereocenters. The fraction of sp³-hybridized carbons (Fsp3) is 0.158. The Kier molecular flexibility index (Phi) is 6.27. The molecule has 5 amide bonds. The molecule has 0 atom stereocenters. The SMILES string of the molecule is CNC(=O)c1cccc(C(=O)NC(=O)Nc2cc(NC(C)=O)ccc2C)c1. The fourth-order valence-electron chi connectivity index (χ4n) is 2.31. The van der Waals surface area contributed by atoms with Crippen molar-refractivity contribution >= 4 is 35.1 Å². The molecule has 0 radical (unpaired) electrons. The molecule has 0 spiro atoms. The lowest BCUT2D eigenvalue weighted by Crippen LogP contribution is -2.34. The Morgan fingerprint density at radius 3 is 2.15 bits per heavy atom. The van der Waals surface area contributed by atoms with Crippen LogP contribution in [0.4, 0.5) is 16.2 Å². The molecule has 0 aliphatic carbocycles. The normalized spacial score (nSPS) is 9.89. The first kappa shape index (κ1) is 19.6. The molecule has 2 aromatic carbocycles. The van der Waals surface area contributed by atoms with Gasteiger partial charge in [0.15, 0.2) is 0 Å². The zero-order chi connectivity index (χ0) is 20.0. The van der Waals surface area contributed by atoms with Crippen molar-refractivity contribution < 1.29 is 19.2 Å². The van der Waals surface area contributed by atoms with E-state index in [0.29, 0.717) is 16.9 Å². The van der Waals surface area contributed by atoms with Gasteiger partial charge in [0, 0.05) is 36.5 Å². The van der Waals surface area contributed by atoms with Gasteiger partial charge in [0.05, 0.1) is 0 Å². The van der Waals surface area contributed by atoms with Crippen molar-refractivity contribution in [2.45, 2.75) is 13.8 Å². The summed E-state index contributed by atoms with van der Waals surface area (Å²) in [6.07, 6.45) is 0. The van der Waals surface area contributed by atoms with E-state index in [2.05, 4.69) is 21.3 Å². The maximum Gasteiger partial charge on any atom is 0.326 e. The molecule has 8 nitrogen and oxygen atoms in total. The largest absolute Gasteiger partial charge is 0.355 e. The van der Waals surface area contributed by atoms with E-state index < -0.39 is 11.9 Å². The molecule has 0 saturated heterocycles. The molecule has 27 heavy (non-hydrogen) atoms. The van der Waals surface area contributed by atoms with E-state index in [0.717, 1.165) is 5.56 Å². The number of carbonyl (C=O) groups is 4. The lowest BCUT2D eigenvalue weighted by Gasteiger charge is -2.11. The van der Waals surface area contributed by atoms with Crippen LogP contribution in [0.3, 0.4) is 0 Å². The second-order valence-electron chi connectivity index (χ2n) is 5.78. The van der Waals surface area contributed by atoms with Gasteiger partial charge < -0.3 is 16.0 Å². The molecule has 0 bridgehead atoms. The van der Waals surface area contributed by atoms with Gasteiger partial charge in [-0.25, -0.2) is 4.79 Å². The van der Waals surface area contributed by atoms with Crippen LogP contribution in [0.25, 0.3) is 0 Å². The number of anilines is 2. The second kappa shape index (κ2) is 8.61. The van der Waals surface area contributed by atoms with E-state index in [1.807, 2.05) is 0 Å². The number of urea groups is 1. The number of nitrogens with one attached hydrogen (secondary N) is 4. The molecular weight excluding hydrogens is 348 g/mol. The third-order valence-electron chi connectivity index (χ3n) is 3.65. The van der Waals surface area contributed by atoms with Crippen LogP contribution in [0.5, 0.6) is 0 Å². The molecular formula is C19H20N4O4. The highest BCUT2D eigenvalue weighted by molar-refractivity contribution is 6.09. The maximum absolute atomic E-state index is 12.2. The highest BCUT2D eigenvalue weighted by Crippen LogP contribution is 2.20. The van der Waals surface area contributed by atoms with Crippen LogP contribution in [0.1, 0.15) is 33.2 Å². The van der Waals surface area contributed by atoms with Crippen molar-refractivity contribution in [1.29, 1.82) is 0 Å². The van der Waals surface area contributed by atoms with Gasteiger partial charge >= 0.3 is 6.03 Å². The maximum atomic E-state index is 12.2. The number of amides is 5. The van der Waals surface area contributed by atoms with E-state index >= 15 is 0 Å². The Morgan fingerprint density at radius 1 is 0.852 bits per heavy atom. The monoisotopic (exact) mass is 368 g/mol. The minimum Gasteiger partial charge on any atom is -0.355 e. The number of rotatable bonds is 4. The zero-order valence-corrected chi connectivity index (χ0v) is 15.2. The average Bonchev–Trinajstić information content (AvgIpc) is 2.63. The summed E-state index contributed by atoms with van der Waals surface area (Å²) >= 11 is 0. The quantitative estimate of drug-likeness (QED) is 0.662. The first-order valence-electron chi connectivity index (χ1n) is 8.13. The third kappa shape index (κ3) is 5.40. The summed E-state index contributed by atoms with van der Waals surface area (Å²) in [4.78, 5) is 47.2. The predicted molar refractivity (Wildman–Crippen MR) is 102 cm³/mol. The molecule has 0 heterocycles. The summed E-state index contributed by atoms with van der Waals surface area (Å²) in [6, 6.07) is 10.3. The van der Waals surface area contributed by atoms with Crippen molar-refractivity contribution in [3.63, 3.8) is 0 Å². The summed E-state index contributed by atoms with van der Waals surface area (Å²) in [5.74, 6) is -1.21. The summed E-state index contributed by atoms with van der Waals surface area (Å²) in [7, 11) is 1.49. The van der Waals surface area contributed by atoms with Crippen LogP contribution in [0, 0.1) is 6.92 Å². The van der Waals surface area contributed by atoms with E-state index in [1.165, 1.54) is 26.1 Å². The number of aryl methyl sites for hydroxylation is 1.